The van der Waals surface area contributed by atoms with Crippen LogP contribution in [0.2, 0.25) is 20.1 Å². The molecule has 2 rings (SSSR count). The molecule has 1 heterocycles. The first-order valence-electron chi connectivity index (χ1n) is 4.80. The van der Waals surface area contributed by atoms with Gasteiger partial charge in [0.25, 0.3) is 0 Å². The van der Waals surface area contributed by atoms with Crippen LogP contribution in [0.3, 0.4) is 0 Å². The Morgan fingerprint density at radius 1 is 0.944 bits per heavy atom. The zero-order valence-corrected chi connectivity index (χ0v) is 11.9. The van der Waals surface area contributed by atoms with Crippen molar-refractivity contribution in [3.05, 3.63) is 44.5 Å². The Labute approximate surface area is 124 Å². The number of aromatic nitrogens is 1. The molecule has 1 aromatic carbocycles. The minimum Gasteiger partial charge on any atom is -0.396 e. The Kier molecular flexibility index (Phi) is 4.07. The fourth-order valence-electron chi connectivity index (χ4n) is 1.31. The maximum absolute atomic E-state index is 6.03. The normalized spacial score (nSPS) is 10.4. The van der Waals surface area contributed by atoms with Crippen LogP contribution in [0.4, 0.5) is 17.2 Å². The smallest absolute Gasteiger partial charge is 0.153 e. The van der Waals surface area contributed by atoms with Gasteiger partial charge in [0.2, 0.25) is 0 Å². The minimum atomic E-state index is 0.379. The summed E-state index contributed by atoms with van der Waals surface area (Å²) >= 11 is 23.5. The van der Waals surface area contributed by atoms with Crippen molar-refractivity contribution < 1.29 is 0 Å². The maximum Gasteiger partial charge on any atom is 0.153 e. The number of rotatable bonds is 2. The summed E-state index contributed by atoms with van der Waals surface area (Å²) in [4.78, 5) is 4.06. The summed E-state index contributed by atoms with van der Waals surface area (Å²) in [6.07, 6.45) is 1.48. The summed E-state index contributed by atoms with van der Waals surface area (Å²) in [5.41, 5.74) is 6.75. The van der Waals surface area contributed by atoms with Gasteiger partial charge in [0.15, 0.2) is 5.82 Å². The van der Waals surface area contributed by atoms with E-state index in [0.717, 1.165) is 0 Å². The third-order valence-electron chi connectivity index (χ3n) is 2.15. The molecule has 1 aromatic heterocycles. The first-order chi connectivity index (χ1) is 8.47. The quantitative estimate of drug-likeness (QED) is 0.763. The molecule has 0 saturated heterocycles. The lowest BCUT2D eigenvalue weighted by molar-refractivity contribution is 1.31. The van der Waals surface area contributed by atoms with Crippen molar-refractivity contribution in [2.24, 2.45) is 0 Å². The van der Waals surface area contributed by atoms with Gasteiger partial charge in [-0.1, -0.05) is 46.4 Å². The Bertz CT molecular complexity index is 601. The summed E-state index contributed by atoms with van der Waals surface area (Å²) in [7, 11) is 0. The molecule has 0 atom stereocenters. The molecule has 0 spiro atoms. The van der Waals surface area contributed by atoms with Gasteiger partial charge in [-0.15, -0.1) is 0 Å². The first kappa shape index (κ1) is 13.6. The molecule has 0 radical (unpaired) electrons. The highest BCUT2D eigenvalue weighted by Gasteiger charge is 2.08. The van der Waals surface area contributed by atoms with Gasteiger partial charge in [-0.2, -0.15) is 0 Å². The molecule has 0 bridgehead atoms. The van der Waals surface area contributed by atoms with Crippen LogP contribution in [0.25, 0.3) is 0 Å². The minimum absolute atomic E-state index is 0.379. The number of hydrogen-bond acceptors (Lipinski definition) is 3. The summed E-state index contributed by atoms with van der Waals surface area (Å²) in [6.45, 7) is 0. The average molecular weight is 323 g/mol. The highest BCUT2D eigenvalue weighted by atomic mass is 35.5. The monoisotopic (exact) mass is 321 g/mol. The summed E-state index contributed by atoms with van der Waals surface area (Å²) < 4.78 is 0. The van der Waals surface area contributed by atoms with E-state index in [1.807, 2.05) is 0 Å². The molecule has 18 heavy (non-hydrogen) atoms. The predicted octanol–water partition coefficient (Wildman–Crippen LogP) is 5.02. The number of nitrogens with two attached hydrogens (primary N) is 1. The predicted molar refractivity (Wildman–Crippen MR) is 78.4 cm³/mol. The Morgan fingerprint density at radius 2 is 1.61 bits per heavy atom. The van der Waals surface area contributed by atoms with Gasteiger partial charge < -0.3 is 11.1 Å². The van der Waals surface area contributed by atoms with E-state index >= 15 is 0 Å². The summed E-state index contributed by atoms with van der Waals surface area (Å²) in [5.74, 6) is 0.444. The lowest BCUT2D eigenvalue weighted by Gasteiger charge is -2.11. The Balaban J connectivity index is 2.37. The van der Waals surface area contributed by atoms with Crippen LogP contribution < -0.4 is 11.1 Å². The van der Waals surface area contributed by atoms with E-state index in [4.69, 9.17) is 52.1 Å². The van der Waals surface area contributed by atoms with Crippen molar-refractivity contribution in [3.63, 3.8) is 0 Å². The molecule has 3 nitrogen and oxygen atoms in total. The number of halogens is 4. The van der Waals surface area contributed by atoms with Crippen molar-refractivity contribution in [3.8, 4) is 0 Å². The van der Waals surface area contributed by atoms with E-state index in [1.54, 1.807) is 18.2 Å². The van der Waals surface area contributed by atoms with E-state index in [2.05, 4.69) is 10.3 Å². The van der Waals surface area contributed by atoms with Crippen LogP contribution in [0.1, 0.15) is 0 Å². The number of nitrogens with zero attached hydrogens (tertiary/aromatic N) is 1. The molecule has 0 saturated carbocycles. The molecule has 7 heteroatoms. The van der Waals surface area contributed by atoms with Crippen LogP contribution in [0.15, 0.2) is 24.4 Å². The Hall–Kier alpha value is -0.870. The zero-order valence-electron chi connectivity index (χ0n) is 8.85. The van der Waals surface area contributed by atoms with Crippen molar-refractivity contribution in [1.29, 1.82) is 0 Å². The van der Waals surface area contributed by atoms with Gasteiger partial charge in [0, 0.05) is 6.20 Å². The molecule has 3 N–H and O–H groups in total. The van der Waals surface area contributed by atoms with E-state index in [1.165, 1.54) is 6.20 Å². The Morgan fingerprint density at radius 3 is 2.28 bits per heavy atom. The molecule has 0 aliphatic carbocycles. The molecular weight excluding hydrogens is 316 g/mol. The van der Waals surface area contributed by atoms with Crippen LogP contribution in [-0.4, -0.2) is 4.98 Å². The number of hydrogen-bond donors (Lipinski definition) is 2. The fourth-order valence-corrected chi connectivity index (χ4v) is 2.07. The van der Waals surface area contributed by atoms with Gasteiger partial charge in [-0.05, 0) is 18.2 Å². The molecule has 0 unspecified atom stereocenters. The van der Waals surface area contributed by atoms with E-state index in [9.17, 15) is 0 Å². The number of nitrogen functional groups attached to an aromatic ring is 1. The standard InChI is InChI=1S/C11H7Cl4N3/c12-5-1-9(16)11(17-4-5)18-10-3-7(14)6(13)2-8(10)15/h1-4H,16H2,(H,17,18). The van der Waals surface area contributed by atoms with Crippen molar-refractivity contribution in [1.82, 2.24) is 4.98 Å². The molecule has 2 aromatic rings. The van der Waals surface area contributed by atoms with E-state index in [0.29, 0.717) is 37.3 Å². The summed E-state index contributed by atoms with van der Waals surface area (Å²) in [5, 5.41) is 4.60. The fraction of sp³-hybridized carbons (Fsp3) is 0. The molecule has 0 amide bonds. The highest BCUT2D eigenvalue weighted by Crippen LogP contribution is 2.34. The average Bonchev–Trinajstić information content (AvgIpc) is 2.29. The van der Waals surface area contributed by atoms with E-state index < -0.39 is 0 Å². The van der Waals surface area contributed by atoms with Gasteiger partial charge >= 0.3 is 0 Å². The lowest BCUT2D eigenvalue weighted by Crippen LogP contribution is -1.99. The lowest BCUT2D eigenvalue weighted by atomic mass is 10.3. The number of benzene rings is 1. The summed E-state index contributed by atoms with van der Waals surface area (Å²) in [6, 6.07) is 4.73. The van der Waals surface area contributed by atoms with Gasteiger partial charge in [-0.25, -0.2) is 4.98 Å². The first-order valence-corrected chi connectivity index (χ1v) is 6.31. The maximum atomic E-state index is 6.03. The zero-order chi connectivity index (χ0) is 13.3. The van der Waals surface area contributed by atoms with E-state index in [-0.39, 0.29) is 0 Å². The van der Waals surface area contributed by atoms with Crippen LogP contribution >= 0.6 is 46.4 Å². The SMILES string of the molecule is Nc1cc(Cl)cnc1Nc1cc(Cl)c(Cl)cc1Cl. The number of anilines is 3. The van der Waals surface area contributed by atoms with Gasteiger partial charge in [0.1, 0.15) is 0 Å². The third kappa shape index (κ3) is 2.93. The van der Waals surface area contributed by atoms with Crippen molar-refractivity contribution in [2.45, 2.75) is 0 Å². The van der Waals surface area contributed by atoms with Crippen LogP contribution in [0, 0.1) is 0 Å². The molecule has 94 valence electrons. The van der Waals surface area contributed by atoms with Crippen molar-refractivity contribution >= 4 is 63.6 Å². The van der Waals surface area contributed by atoms with Gasteiger partial charge in [0.05, 0.1) is 31.5 Å². The molecule has 0 aliphatic heterocycles. The largest absolute Gasteiger partial charge is 0.396 e. The topological polar surface area (TPSA) is 50.9 Å². The van der Waals surface area contributed by atoms with Crippen molar-refractivity contribution in [2.75, 3.05) is 11.1 Å². The number of nitrogens with one attached hydrogen (secondary N) is 1. The molecule has 0 aliphatic rings. The van der Waals surface area contributed by atoms with Gasteiger partial charge in [-0.3, -0.25) is 0 Å². The van der Waals surface area contributed by atoms with Crippen LogP contribution in [-0.2, 0) is 0 Å². The highest BCUT2D eigenvalue weighted by molar-refractivity contribution is 6.44. The second-order valence-electron chi connectivity index (χ2n) is 3.46. The molecule has 0 fully saturated rings. The second-order valence-corrected chi connectivity index (χ2v) is 5.12. The third-order valence-corrected chi connectivity index (χ3v) is 3.39. The van der Waals surface area contributed by atoms with Crippen LogP contribution in [0.5, 0.6) is 0 Å². The molecular formula is C11H7Cl4N3. The second kappa shape index (κ2) is 5.41. The number of pyridine rings is 1.